The van der Waals surface area contributed by atoms with E-state index in [2.05, 4.69) is 43.6 Å². The van der Waals surface area contributed by atoms with E-state index >= 15 is 0 Å². The molecule has 4 unspecified atom stereocenters. The van der Waals surface area contributed by atoms with E-state index in [-0.39, 0.29) is 37.5 Å². The van der Waals surface area contributed by atoms with Gasteiger partial charge in [-0.3, -0.25) is 18.9 Å². The Balaban J connectivity index is 1.31. The highest BCUT2D eigenvalue weighted by Gasteiger charge is 2.45. The van der Waals surface area contributed by atoms with E-state index in [0.29, 0.717) is 80.5 Å². The van der Waals surface area contributed by atoms with Gasteiger partial charge >= 0.3 is 0 Å². The predicted molar refractivity (Wildman–Crippen MR) is 207 cm³/mol. The van der Waals surface area contributed by atoms with Gasteiger partial charge in [0.15, 0.2) is 0 Å². The minimum atomic E-state index is -4.61. The normalized spacial score (nSPS) is 30.1. The third-order valence-electron chi connectivity index (χ3n) is 12.1. The van der Waals surface area contributed by atoms with Crippen LogP contribution in [0.25, 0.3) is 32.7 Å². The van der Waals surface area contributed by atoms with Crippen LogP contribution < -0.4 is 26.5 Å². The molecule has 4 aromatic rings. The average Bonchev–Trinajstić information content (AvgIpc) is 3.04. The van der Waals surface area contributed by atoms with Gasteiger partial charge in [-0.25, -0.2) is 0 Å². The van der Waals surface area contributed by atoms with Gasteiger partial charge in [0.05, 0.1) is 22.2 Å². The summed E-state index contributed by atoms with van der Waals surface area (Å²) < 4.78 is 70.3. The van der Waals surface area contributed by atoms with E-state index < -0.39 is 37.3 Å². The molecule has 12 nitrogen and oxygen atoms in total. The molecule has 5 aliphatic rings. The summed E-state index contributed by atoms with van der Waals surface area (Å²) >= 11 is 0. The van der Waals surface area contributed by atoms with E-state index in [1.165, 1.54) is 18.2 Å². The molecule has 54 heavy (non-hydrogen) atoms. The molecule has 4 aromatic carbocycles. The highest BCUT2D eigenvalue weighted by molar-refractivity contribution is 7.86. The average molecular weight is 771 g/mol. The molecular formula is C40H42N4O8S2. The summed E-state index contributed by atoms with van der Waals surface area (Å²) in [6.45, 7) is 8.70. The molecular weight excluding hydrogens is 729 g/mol. The third kappa shape index (κ3) is 5.28. The second-order valence-electron chi connectivity index (χ2n) is 16.7. The number of aliphatic hydroxyl groups excluding tert-OH is 1. The van der Waals surface area contributed by atoms with Crippen LogP contribution in [0.1, 0.15) is 71.8 Å². The highest BCUT2D eigenvalue weighted by atomic mass is 32.2. The van der Waals surface area contributed by atoms with Crippen LogP contribution in [-0.4, -0.2) is 48.2 Å². The molecule has 282 valence electrons. The molecule has 0 radical (unpaired) electrons. The summed E-state index contributed by atoms with van der Waals surface area (Å²) in [6, 6.07) is 12.2. The Kier molecular flexibility index (Phi) is 7.51. The van der Waals surface area contributed by atoms with Crippen molar-refractivity contribution in [3.05, 3.63) is 70.4 Å². The summed E-state index contributed by atoms with van der Waals surface area (Å²) in [5.41, 5.74) is 0.897. The molecule has 2 saturated carbocycles. The maximum atomic E-state index is 14.6. The monoisotopic (exact) mass is 770 g/mol. The molecule has 2 aliphatic heterocycles. The number of nitrogens with one attached hydrogen (secondary N) is 3. The van der Waals surface area contributed by atoms with Gasteiger partial charge in [0.1, 0.15) is 26.9 Å². The van der Waals surface area contributed by atoms with Crippen LogP contribution in [0, 0.1) is 23.7 Å². The van der Waals surface area contributed by atoms with Crippen LogP contribution in [0.3, 0.4) is 0 Å². The van der Waals surface area contributed by atoms with Gasteiger partial charge in [0.25, 0.3) is 20.2 Å². The smallest absolute Gasteiger partial charge is 0.295 e. The molecule has 9 rings (SSSR count). The first kappa shape index (κ1) is 35.2. The highest BCUT2D eigenvalue weighted by Crippen LogP contribution is 2.51. The van der Waals surface area contributed by atoms with Crippen molar-refractivity contribution in [1.82, 2.24) is 0 Å². The lowest BCUT2D eigenvalue weighted by atomic mass is 9.74. The van der Waals surface area contributed by atoms with Crippen molar-refractivity contribution in [3.63, 3.8) is 0 Å². The Morgan fingerprint density at radius 2 is 1.20 bits per heavy atom. The fraction of sp³-hybridized carbons (Fsp3) is 0.400. The third-order valence-corrected chi connectivity index (χ3v) is 13.9. The summed E-state index contributed by atoms with van der Waals surface area (Å²) in [5.74, 6) is 0.675. The van der Waals surface area contributed by atoms with Gasteiger partial charge in [-0.05, 0) is 86.5 Å². The van der Waals surface area contributed by atoms with Crippen LogP contribution >= 0.6 is 0 Å². The second-order valence-corrected chi connectivity index (χ2v) is 19.5. The summed E-state index contributed by atoms with van der Waals surface area (Å²) in [5, 5.41) is 25.0. The number of allylic oxidation sites excluding steroid dienone is 2. The number of aliphatic hydroxyl groups is 1. The Morgan fingerprint density at radius 1 is 0.667 bits per heavy atom. The van der Waals surface area contributed by atoms with Gasteiger partial charge in [0.2, 0.25) is 5.78 Å². The number of rotatable bonds is 3. The van der Waals surface area contributed by atoms with E-state index in [1.807, 2.05) is 0 Å². The molecule has 2 spiro atoms. The number of benzene rings is 4. The first-order valence-electron chi connectivity index (χ1n) is 18.4. The summed E-state index contributed by atoms with van der Waals surface area (Å²) in [6.07, 6.45) is 4.99. The summed E-state index contributed by atoms with van der Waals surface area (Å²) in [4.78, 5) is 19.3. The predicted octanol–water partition coefficient (Wildman–Crippen LogP) is 6.38. The zero-order chi connectivity index (χ0) is 38.3. The number of hydrogen-bond donors (Lipinski definition) is 6. The number of ketones is 1. The number of anilines is 3. The Hall–Kier alpha value is -4.50. The van der Waals surface area contributed by atoms with Crippen molar-refractivity contribution in [3.8, 4) is 0 Å². The lowest BCUT2D eigenvalue weighted by molar-refractivity contribution is -0.109. The zero-order valence-corrected chi connectivity index (χ0v) is 32.0. The van der Waals surface area contributed by atoms with E-state index in [1.54, 1.807) is 30.3 Å². The second kappa shape index (κ2) is 11.5. The lowest BCUT2D eigenvalue weighted by Crippen LogP contribution is -2.53. The van der Waals surface area contributed by atoms with Crippen LogP contribution in [0.2, 0.25) is 0 Å². The van der Waals surface area contributed by atoms with Crippen molar-refractivity contribution in [1.29, 1.82) is 0 Å². The number of Topliss-reactive ketones (excluding diaryl/α,β-unsaturated/α-hetero) is 1. The van der Waals surface area contributed by atoms with Crippen molar-refractivity contribution in [2.24, 2.45) is 28.7 Å². The Labute approximate surface area is 313 Å². The van der Waals surface area contributed by atoms with Crippen LogP contribution in [0.15, 0.2) is 69.1 Å². The topological polar surface area (TPSA) is 194 Å². The Morgan fingerprint density at radius 3 is 1.78 bits per heavy atom. The fourth-order valence-corrected chi connectivity index (χ4v) is 12.0. The molecule has 0 bridgehead atoms. The summed E-state index contributed by atoms with van der Waals surface area (Å²) in [7, 11) is -9.21. The minimum Gasteiger partial charge on any atom is -0.506 e. The molecule has 4 atom stereocenters. The maximum Gasteiger partial charge on any atom is 0.295 e. The largest absolute Gasteiger partial charge is 0.506 e. The van der Waals surface area contributed by atoms with Crippen molar-refractivity contribution in [2.45, 2.75) is 87.3 Å². The molecule has 6 N–H and O–H groups in total. The van der Waals surface area contributed by atoms with Gasteiger partial charge in [-0.1, -0.05) is 52.0 Å². The fourth-order valence-electron chi connectivity index (χ4n) is 10.7. The quantitative estimate of drug-likeness (QED) is 0.127. The van der Waals surface area contributed by atoms with Crippen molar-refractivity contribution in [2.75, 3.05) is 16.0 Å². The van der Waals surface area contributed by atoms with E-state index in [9.17, 15) is 35.8 Å². The van der Waals surface area contributed by atoms with Crippen LogP contribution in [0.4, 0.5) is 17.1 Å². The molecule has 0 saturated heterocycles. The van der Waals surface area contributed by atoms with Crippen LogP contribution in [0.5, 0.6) is 0 Å². The molecule has 2 heterocycles. The molecule has 3 aliphatic carbocycles. The van der Waals surface area contributed by atoms with Gasteiger partial charge in [-0.2, -0.15) is 16.8 Å². The number of carbonyl (C=O) groups excluding carboxylic acids is 1. The number of carbonyl (C=O) groups is 1. The molecule has 0 aromatic heterocycles. The van der Waals surface area contributed by atoms with Crippen LogP contribution in [-0.2, 0) is 25.0 Å². The van der Waals surface area contributed by atoms with Gasteiger partial charge in [0, 0.05) is 43.7 Å². The van der Waals surface area contributed by atoms with Gasteiger partial charge in [-0.15, -0.1) is 0 Å². The zero-order valence-electron chi connectivity index (χ0n) is 30.3. The number of nitrogens with zero attached hydrogens (tertiary/aromatic N) is 1. The van der Waals surface area contributed by atoms with E-state index in [0.717, 1.165) is 25.7 Å². The SMILES string of the molecule is CC1CC(C)CC2(C1)N=c1c(=C3C(=O)C(c4ccc5c(S(=O)(=O)O)ccc6c5c4NC4(CC(C)CC(C)C4)N6)=C3O)ccc3c(S(=O)(=O)O)ccc(c13)N2. The standard InChI is InChI=1S/C40H42N4O8S2/c1-19-13-20(2)16-39(15-19)41-27-9-11-29(53(47,48)49)23-5-7-25(35(43-39)31(23)27)33-37(45)34(38(33)46)26-8-6-24-30(54(50,51)52)12-10-28-32(24)36(26)44-40(42-28)17-21(3)14-22(4)18-40/h5-12,19-22,41-43,45H,13-18H2,1-4H3,(H,47,48,49)(H,50,51,52). The molecule has 14 heteroatoms. The maximum absolute atomic E-state index is 14.6. The Bertz CT molecular complexity index is 2760. The van der Waals surface area contributed by atoms with E-state index in [4.69, 9.17) is 4.99 Å². The molecule has 2 fully saturated rings. The van der Waals surface area contributed by atoms with Crippen molar-refractivity contribution >= 4 is 75.8 Å². The molecule has 0 amide bonds. The van der Waals surface area contributed by atoms with Gasteiger partial charge < -0.3 is 21.1 Å². The lowest BCUT2D eigenvalue weighted by Gasteiger charge is -2.48. The van der Waals surface area contributed by atoms with Crippen molar-refractivity contribution < 1.29 is 35.8 Å². The minimum absolute atomic E-state index is 0.0329. The first-order chi connectivity index (χ1) is 25.4. The number of hydrogen-bond acceptors (Lipinski definition) is 10. The first-order valence-corrected chi connectivity index (χ1v) is 21.3.